The average molecular weight is 293 g/mol. The molecule has 7 nitrogen and oxygen atoms in total. The molecule has 1 aromatic rings. The lowest BCUT2D eigenvalue weighted by atomic mass is 10.1. The summed E-state index contributed by atoms with van der Waals surface area (Å²) in [5.41, 5.74) is 1.71. The molecule has 0 heterocycles. The first-order valence-electron chi connectivity index (χ1n) is 6.46. The van der Waals surface area contributed by atoms with Crippen LogP contribution in [0.5, 0.6) is 0 Å². The maximum Gasteiger partial charge on any atom is 0.254 e. The van der Waals surface area contributed by atoms with Crippen molar-refractivity contribution in [2.75, 3.05) is 5.32 Å². The highest BCUT2D eigenvalue weighted by Gasteiger charge is 2.26. The third kappa shape index (κ3) is 4.97. The maximum absolute atomic E-state index is 11.6. The summed E-state index contributed by atoms with van der Waals surface area (Å²) in [6.07, 6.45) is -0.181. The standard InChI is InChI=1S/C14H19N3O4/c1-3-8-15-11-6-4-10(5-7-11)9(2)16-13(19)12(18)14(20)17-21/h3-9,12,14-15,18,20H,1-2H3,(H,16,19)/b8-3-/t9?,12-,14+/m0/s1. The molecule has 0 spiro atoms. The number of aliphatic hydroxyl groups excluding tert-OH is 2. The molecule has 21 heavy (non-hydrogen) atoms. The molecule has 0 radical (unpaired) electrons. The third-order valence-electron chi connectivity index (χ3n) is 2.85. The Balaban J connectivity index is 2.64. The molecule has 114 valence electrons. The first-order chi connectivity index (χ1) is 9.99. The molecule has 0 aromatic heterocycles. The fourth-order valence-corrected chi connectivity index (χ4v) is 1.62. The smallest absolute Gasteiger partial charge is 0.254 e. The summed E-state index contributed by atoms with van der Waals surface area (Å²) in [5, 5.41) is 26.1. The summed E-state index contributed by atoms with van der Waals surface area (Å²) < 4.78 is 0. The predicted octanol–water partition coefficient (Wildman–Crippen LogP) is 1.25. The van der Waals surface area contributed by atoms with E-state index in [1.807, 2.05) is 37.3 Å². The van der Waals surface area contributed by atoms with Crippen molar-refractivity contribution >= 4 is 11.6 Å². The number of rotatable bonds is 7. The SMILES string of the molecule is C/C=C\Nc1ccc(C(C)NC(=O)[C@H](O)[C@@H](O)N=O)cc1. The highest BCUT2D eigenvalue weighted by atomic mass is 16.4. The van der Waals surface area contributed by atoms with Crippen LogP contribution in [0.2, 0.25) is 0 Å². The molecule has 1 unspecified atom stereocenters. The van der Waals surface area contributed by atoms with Crippen LogP contribution in [-0.2, 0) is 4.79 Å². The molecular weight excluding hydrogens is 274 g/mol. The number of anilines is 1. The molecule has 4 N–H and O–H groups in total. The van der Waals surface area contributed by atoms with Crippen LogP contribution in [0.3, 0.4) is 0 Å². The molecule has 0 bridgehead atoms. The van der Waals surface area contributed by atoms with Crippen LogP contribution in [-0.4, -0.2) is 28.5 Å². The molecule has 3 atom stereocenters. The van der Waals surface area contributed by atoms with Gasteiger partial charge in [-0.25, -0.2) is 0 Å². The van der Waals surface area contributed by atoms with E-state index in [4.69, 9.17) is 5.11 Å². The van der Waals surface area contributed by atoms with Gasteiger partial charge in [-0.05, 0) is 42.9 Å². The number of nitroso groups, excluding NO2 is 1. The zero-order valence-corrected chi connectivity index (χ0v) is 11.9. The Morgan fingerprint density at radius 3 is 2.43 bits per heavy atom. The minimum absolute atomic E-state index is 0.387. The number of carbonyl (C=O) groups excluding carboxylic acids is 1. The van der Waals surface area contributed by atoms with Gasteiger partial charge in [0.25, 0.3) is 5.91 Å². The van der Waals surface area contributed by atoms with Gasteiger partial charge in [0.15, 0.2) is 6.10 Å². The van der Waals surface area contributed by atoms with E-state index in [1.165, 1.54) is 0 Å². The topological polar surface area (TPSA) is 111 Å². The van der Waals surface area contributed by atoms with Crippen LogP contribution in [0.4, 0.5) is 5.69 Å². The third-order valence-corrected chi connectivity index (χ3v) is 2.85. The predicted molar refractivity (Wildman–Crippen MR) is 79.2 cm³/mol. The monoisotopic (exact) mass is 293 g/mol. The maximum atomic E-state index is 11.6. The molecule has 1 rings (SSSR count). The molecule has 1 aromatic carbocycles. The van der Waals surface area contributed by atoms with Crippen LogP contribution in [0.1, 0.15) is 25.5 Å². The van der Waals surface area contributed by atoms with Gasteiger partial charge in [0.2, 0.25) is 6.23 Å². The summed E-state index contributed by atoms with van der Waals surface area (Å²) in [5.74, 6) is -0.856. The molecule has 0 fully saturated rings. The normalized spacial score (nSPS) is 15.2. The number of nitrogens with zero attached hydrogens (tertiary/aromatic N) is 1. The second-order valence-electron chi connectivity index (χ2n) is 4.46. The van der Waals surface area contributed by atoms with Gasteiger partial charge in [0, 0.05) is 5.69 Å². The molecule has 0 aliphatic carbocycles. The lowest BCUT2D eigenvalue weighted by molar-refractivity contribution is -0.135. The Hall–Kier alpha value is -2.25. The largest absolute Gasteiger partial charge is 0.379 e. The fourth-order valence-electron chi connectivity index (χ4n) is 1.62. The lowest BCUT2D eigenvalue weighted by Crippen LogP contribution is -2.42. The first kappa shape index (κ1) is 16.8. The zero-order valence-electron chi connectivity index (χ0n) is 11.9. The zero-order chi connectivity index (χ0) is 15.8. The second kappa shape index (κ2) is 8.13. The number of benzene rings is 1. The molecule has 0 aliphatic rings. The van der Waals surface area contributed by atoms with Crippen molar-refractivity contribution in [1.82, 2.24) is 5.32 Å². The molecule has 0 aliphatic heterocycles. The Morgan fingerprint density at radius 2 is 1.90 bits per heavy atom. The van der Waals surface area contributed by atoms with E-state index in [2.05, 4.69) is 15.8 Å². The number of nitrogens with one attached hydrogen (secondary N) is 2. The van der Waals surface area contributed by atoms with E-state index in [1.54, 1.807) is 13.1 Å². The van der Waals surface area contributed by atoms with E-state index in [9.17, 15) is 14.8 Å². The van der Waals surface area contributed by atoms with Gasteiger partial charge >= 0.3 is 0 Å². The van der Waals surface area contributed by atoms with Gasteiger partial charge in [-0.2, -0.15) is 0 Å². The van der Waals surface area contributed by atoms with Crippen molar-refractivity contribution in [2.45, 2.75) is 32.2 Å². The summed E-state index contributed by atoms with van der Waals surface area (Å²) in [7, 11) is 0. The summed E-state index contributed by atoms with van der Waals surface area (Å²) in [6.45, 7) is 3.62. The minimum Gasteiger partial charge on any atom is -0.379 e. The van der Waals surface area contributed by atoms with Gasteiger partial charge in [0.05, 0.1) is 6.04 Å². The van der Waals surface area contributed by atoms with Crippen LogP contribution in [0.25, 0.3) is 0 Å². The van der Waals surface area contributed by atoms with Crippen LogP contribution in [0, 0.1) is 4.91 Å². The van der Waals surface area contributed by atoms with Gasteiger partial charge in [-0.15, -0.1) is 4.91 Å². The first-order valence-corrected chi connectivity index (χ1v) is 6.46. The number of allylic oxidation sites excluding steroid dienone is 1. The lowest BCUT2D eigenvalue weighted by Gasteiger charge is -2.18. The Morgan fingerprint density at radius 1 is 1.29 bits per heavy atom. The van der Waals surface area contributed by atoms with Crippen molar-refractivity contribution < 1.29 is 15.0 Å². The van der Waals surface area contributed by atoms with Crippen molar-refractivity contribution in [1.29, 1.82) is 0 Å². The number of hydrogen-bond donors (Lipinski definition) is 4. The Kier molecular flexibility index (Phi) is 6.51. The highest BCUT2D eigenvalue weighted by Crippen LogP contribution is 2.16. The number of aliphatic hydroxyl groups is 2. The van der Waals surface area contributed by atoms with Crippen molar-refractivity contribution in [3.63, 3.8) is 0 Å². The van der Waals surface area contributed by atoms with E-state index >= 15 is 0 Å². The van der Waals surface area contributed by atoms with Crippen LogP contribution in [0.15, 0.2) is 41.7 Å². The summed E-state index contributed by atoms with van der Waals surface area (Å²) in [6, 6.07) is 6.93. The van der Waals surface area contributed by atoms with Crippen molar-refractivity contribution in [3.05, 3.63) is 47.0 Å². The number of hydrogen-bond acceptors (Lipinski definition) is 6. The molecular formula is C14H19N3O4. The Labute approximate surface area is 122 Å². The van der Waals surface area contributed by atoms with Crippen LogP contribution < -0.4 is 10.6 Å². The molecule has 1 amide bonds. The van der Waals surface area contributed by atoms with Gasteiger partial charge < -0.3 is 20.8 Å². The van der Waals surface area contributed by atoms with E-state index in [-0.39, 0.29) is 6.04 Å². The fraction of sp³-hybridized carbons (Fsp3) is 0.357. The van der Waals surface area contributed by atoms with E-state index in [0.717, 1.165) is 11.3 Å². The number of carbonyl (C=O) groups is 1. The van der Waals surface area contributed by atoms with E-state index < -0.39 is 18.2 Å². The quantitative estimate of drug-likeness (QED) is 0.565. The van der Waals surface area contributed by atoms with Gasteiger partial charge in [-0.1, -0.05) is 18.2 Å². The van der Waals surface area contributed by atoms with Crippen molar-refractivity contribution in [3.8, 4) is 0 Å². The highest BCUT2D eigenvalue weighted by molar-refractivity contribution is 5.81. The van der Waals surface area contributed by atoms with Gasteiger partial charge in [0.1, 0.15) is 0 Å². The molecule has 7 heteroatoms. The second-order valence-corrected chi connectivity index (χ2v) is 4.46. The van der Waals surface area contributed by atoms with Crippen molar-refractivity contribution in [2.24, 2.45) is 5.18 Å². The van der Waals surface area contributed by atoms with E-state index in [0.29, 0.717) is 0 Å². The summed E-state index contributed by atoms with van der Waals surface area (Å²) in [4.78, 5) is 21.7. The molecule has 0 saturated carbocycles. The Bertz CT molecular complexity index is 501. The minimum atomic E-state index is -1.97. The number of amides is 1. The molecule has 0 saturated heterocycles. The summed E-state index contributed by atoms with van der Waals surface area (Å²) >= 11 is 0. The average Bonchev–Trinajstić information content (AvgIpc) is 2.51. The van der Waals surface area contributed by atoms with Crippen LogP contribution >= 0.6 is 0 Å². The van der Waals surface area contributed by atoms with Gasteiger partial charge in [-0.3, -0.25) is 4.79 Å².